The lowest BCUT2D eigenvalue weighted by molar-refractivity contribution is -0.117. The van der Waals surface area contributed by atoms with E-state index in [0.29, 0.717) is 24.5 Å². The minimum Gasteiger partial charge on any atom is -0.493 e. The van der Waals surface area contributed by atoms with Crippen molar-refractivity contribution in [2.45, 2.75) is 30.7 Å². The predicted molar refractivity (Wildman–Crippen MR) is 106 cm³/mol. The van der Waals surface area contributed by atoms with Crippen molar-refractivity contribution >= 4 is 21.6 Å². The number of carbonyl (C=O) groups excluding carboxylic acids is 1. The summed E-state index contributed by atoms with van der Waals surface area (Å²) in [5.41, 5.74) is 1.47. The number of methoxy groups -OCH3 is 2. The van der Waals surface area contributed by atoms with Crippen LogP contribution in [0.4, 0.5) is 5.69 Å². The Labute approximate surface area is 165 Å². The minimum absolute atomic E-state index is 0.0656. The third kappa shape index (κ3) is 4.13. The summed E-state index contributed by atoms with van der Waals surface area (Å²) in [5, 5.41) is 0. The summed E-state index contributed by atoms with van der Waals surface area (Å²) < 4.78 is 38.6. The molecular formula is C20H24N2O5S. The molecule has 0 unspecified atom stereocenters. The number of sulfonamides is 1. The topological polar surface area (TPSA) is 84.9 Å². The number of hydrogen-bond donors (Lipinski definition) is 1. The molecule has 0 aliphatic carbocycles. The maximum Gasteiger partial charge on any atom is 0.241 e. The largest absolute Gasteiger partial charge is 0.493 e. The van der Waals surface area contributed by atoms with E-state index < -0.39 is 16.1 Å². The summed E-state index contributed by atoms with van der Waals surface area (Å²) in [4.78, 5) is 13.7. The fraction of sp³-hybridized carbons (Fsp3) is 0.350. The molecule has 28 heavy (non-hydrogen) atoms. The number of benzene rings is 2. The van der Waals surface area contributed by atoms with Crippen molar-refractivity contribution in [2.24, 2.45) is 0 Å². The average Bonchev–Trinajstić information content (AvgIpc) is 3.13. The Morgan fingerprint density at radius 2 is 1.71 bits per heavy atom. The normalized spacial score (nSPS) is 15.5. The number of carbonyl (C=O) groups is 1. The van der Waals surface area contributed by atoms with Gasteiger partial charge in [-0.3, -0.25) is 4.79 Å². The lowest BCUT2D eigenvalue weighted by Crippen LogP contribution is -2.27. The summed E-state index contributed by atoms with van der Waals surface area (Å²) in [7, 11) is -0.647. The molecule has 0 bridgehead atoms. The summed E-state index contributed by atoms with van der Waals surface area (Å²) in [6.45, 7) is 2.43. The number of nitrogens with zero attached hydrogens (tertiary/aromatic N) is 1. The van der Waals surface area contributed by atoms with E-state index in [-0.39, 0.29) is 10.8 Å². The lowest BCUT2D eigenvalue weighted by Gasteiger charge is -2.18. The van der Waals surface area contributed by atoms with Crippen molar-refractivity contribution in [2.75, 3.05) is 25.7 Å². The van der Waals surface area contributed by atoms with E-state index >= 15 is 0 Å². The number of hydrogen-bond acceptors (Lipinski definition) is 5. The molecule has 0 saturated carbocycles. The van der Waals surface area contributed by atoms with Crippen LogP contribution in [0.3, 0.4) is 0 Å². The zero-order valence-electron chi connectivity index (χ0n) is 16.1. The fourth-order valence-electron chi connectivity index (χ4n) is 3.22. The van der Waals surface area contributed by atoms with Crippen molar-refractivity contribution in [1.29, 1.82) is 0 Å². The number of nitrogens with one attached hydrogen (secondary N) is 1. The van der Waals surface area contributed by atoms with Crippen LogP contribution in [0.2, 0.25) is 0 Å². The Morgan fingerprint density at radius 1 is 1.04 bits per heavy atom. The highest BCUT2D eigenvalue weighted by Gasteiger charge is 2.23. The SMILES string of the molecule is COc1ccc([C@@H](C)NS(=O)(=O)c2ccc(N3CCCC3=O)cc2)cc1OC. The van der Waals surface area contributed by atoms with E-state index in [2.05, 4.69) is 4.72 Å². The van der Waals surface area contributed by atoms with Gasteiger partial charge in [0.15, 0.2) is 11.5 Å². The van der Waals surface area contributed by atoms with Crippen LogP contribution < -0.4 is 19.1 Å². The predicted octanol–water partition coefficient (Wildman–Crippen LogP) is 2.87. The molecule has 7 nitrogen and oxygen atoms in total. The number of anilines is 1. The Kier molecular flexibility index (Phi) is 5.90. The second kappa shape index (κ2) is 8.20. The second-order valence-electron chi connectivity index (χ2n) is 6.60. The van der Waals surface area contributed by atoms with Gasteiger partial charge in [0, 0.05) is 24.7 Å². The van der Waals surface area contributed by atoms with Crippen molar-refractivity contribution in [3.63, 3.8) is 0 Å². The van der Waals surface area contributed by atoms with E-state index in [1.165, 1.54) is 19.2 Å². The fourth-order valence-corrected chi connectivity index (χ4v) is 4.45. The highest BCUT2D eigenvalue weighted by atomic mass is 32.2. The summed E-state index contributed by atoms with van der Waals surface area (Å²) >= 11 is 0. The van der Waals surface area contributed by atoms with E-state index in [1.54, 1.807) is 49.3 Å². The van der Waals surface area contributed by atoms with Crippen LogP contribution in [0.15, 0.2) is 47.4 Å². The van der Waals surface area contributed by atoms with Gasteiger partial charge in [-0.05, 0) is 55.3 Å². The van der Waals surface area contributed by atoms with Crippen molar-refractivity contribution in [3.05, 3.63) is 48.0 Å². The molecule has 1 heterocycles. The molecular weight excluding hydrogens is 380 g/mol. The quantitative estimate of drug-likeness (QED) is 0.767. The monoisotopic (exact) mass is 404 g/mol. The molecule has 2 aromatic rings. The smallest absolute Gasteiger partial charge is 0.241 e. The van der Waals surface area contributed by atoms with Gasteiger partial charge in [-0.15, -0.1) is 0 Å². The lowest BCUT2D eigenvalue weighted by atomic mass is 10.1. The van der Waals surface area contributed by atoms with Gasteiger partial charge in [0.1, 0.15) is 0 Å². The van der Waals surface area contributed by atoms with Gasteiger partial charge >= 0.3 is 0 Å². The van der Waals surface area contributed by atoms with Gasteiger partial charge in [0.25, 0.3) is 0 Å². The van der Waals surface area contributed by atoms with Crippen LogP contribution in [0, 0.1) is 0 Å². The van der Waals surface area contributed by atoms with Crippen LogP contribution in [0.25, 0.3) is 0 Å². The molecule has 1 atom stereocenters. The van der Waals surface area contributed by atoms with E-state index in [0.717, 1.165) is 17.7 Å². The van der Waals surface area contributed by atoms with Gasteiger partial charge in [-0.2, -0.15) is 0 Å². The number of ether oxygens (including phenoxy) is 2. The summed E-state index contributed by atoms with van der Waals surface area (Å²) in [5.74, 6) is 1.18. The van der Waals surface area contributed by atoms with Crippen LogP contribution in [-0.2, 0) is 14.8 Å². The van der Waals surface area contributed by atoms with E-state index in [1.807, 2.05) is 0 Å². The highest BCUT2D eigenvalue weighted by molar-refractivity contribution is 7.89. The van der Waals surface area contributed by atoms with Gasteiger partial charge in [-0.1, -0.05) is 6.07 Å². The molecule has 1 fully saturated rings. The molecule has 1 aliphatic heterocycles. The molecule has 0 spiro atoms. The molecule has 3 rings (SSSR count). The Bertz CT molecular complexity index is 957. The first-order valence-corrected chi connectivity index (χ1v) is 10.5. The second-order valence-corrected chi connectivity index (χ2v) is 8.31. The molecule has 8 heteroatoms. The molecule has 1 saturated heterocycles. The molecule has 0 radical (unpaired) electrons. The first-order valence-electron chi connectivity index (χ1n) is 9.00. The minimum atomic E-state index is -3.72. The number of amides is 1. The molecule has 0 aromatic heterocycles. The van der Waals surface area contributed by atoms with Gasteiger partial charge in [0.05, 0.1) is 19.1 Å². The molecule has 1 amide bonds. The van der Waals surface area contributed by atoms with Crippen LogP contribution in [-0.4, -0.2) is 35.1 Å². The zero-order chi connectivity index (χ0) is 20.3. The molecule has 150 valence electrons. The number of rotatable bonds is 7. The van der Waals surface area contributed by atoms with Crippen LogP contribution in [0.1, 0.15) is 31.4 Å². The molecule has 2 aromatic carbocycles. The van der Waals surface area contributed by atoms with Gasteiger partial charge in [-0.25, -0.2) is 13.1 Å². The summed E-state index contributed by atoms with van der Waals surface area (Å²) in [6, 6.07) is 11.2. The Hall–Kier alpha value is -2.58. The Balaban J connectivity index is 1.76. The highest BCUT2D eigenvalue weighted by Crippen LogP contribution is 2.30. The molecule has 1 N–H and O–H groups in total. The maximum atomic E-state index is 12.7. The maximum absolute atomic E-state index is 12.7. The average molecular weight is 404 g/mol. The third-order valence-electron chi connectivity index (χ3n) is 4.77. The molecule has 1 aliphatic rings. The first-order chi connectivity index (χ1) is 13.4. The van der Waals surface area contributed by atoms with Crippen molar-refractivity contribution in [3.8, 4) is 11.5 Å². The standard InChI is InChI=1S/C20H24N2O5S/c1-14(15-6-11-18(26-2)19(13-15)27-3)21-28(24,25)17-9-7-16(8-10-17)22-12-4-5-20(22)23/h6-11,13-14,21H,4-5,12H2,1-3H3/t14-/m1/s1. The van der Waals surface area contributed by atoms with E-state index in [4.69, 9.17) is 9.47 Å². The Morgan fingerprint density at radius 3 is 2.29 bits per heavy atom. The zero-order valence-corrected chi connectivity index (χ0v) is 17.0. The van der Waals surface area contributed by atoms with Gasteiger partial charge < -0.3 is 14.4 Å². The summed E-state index contributed by atoms with van der Waals surface area (Å²) in [6.07, 6.45) is 1.35. The third-order valence-corrected chi connectivity index (χ3v) is 6.33. The van der Waals surface area contributed by atoms with Crippen LogP contribution in [0.5, 0.6) is 11.5 Å². The van der Waals surface area contributed by atoms with E-state index in [9.17, 15) is 13.2 Å². The van der Waals surface area contributed by atoms with Gasteiger partial charge in [0.2, 0.25) is 15.9 Å². The van der Waals surface area contributed by atoms with Crippen molar-refractivity contribution < 1.29 is 22.7 Å². The van der Waals surface area contributed by atoms with Crippen molar-refractivity contribution in [1.82, 2.24) is 4.72 Å². The first kappa shape index (κ1) is 20.2. The van der Waals surface area contributed by atoms with Crippen LogP contribution >= 0.6 is 0 Å².